The summed E-state index contributed by atoms with van der Waals surface area (Å²) in [5, 5.41) is 30.8. The first-order valence-corrected chi connectivity index (χ1v) is 5.57. The van der Waals surface area contributed by atoms with Crippen molar-refractivity contribution in [2.45, 2.75) is 26.1 Å². The highest BCUT2D eigenvalue weighted by molar-refractivity contribution is 5.72. The summed E-state index contributed by atoms with van der Waals surface area (Å²) in [6.45, 7) is 3.08. The van der Waals surface area contributed by atoms with Crippen LogP contribution in [0.15, 0.2) is 18.2 Å². The van der Waals surface area contributed by atoms with E-state index >= 15 is 0 Å². The molecule has 0 aliphatic rings. The van der Waals surface area contributed by atoms with Crippen molar-refractivity contribution in [3.63, 3.8) is 0 Å². The van der Waals surface area contributed by atoms with Gasteiger partial charge in [-0.25, -0.2) is 0 Å². The van der Waals surface area contributed by atoms with E-state index in [1.54, 1.807) is 25.1 Å². The standard InChI is InChI=1S/C13H16N2O3/c1-8-5-10(3-4-11(8)6-14)13(18)12(17)7-15-9(2)16/h3-5,12-13,17-18H,7H2,1-2H3,(H,15,16). The summed E-state index contributed by atoms with van der Waals surface area (Å²) >= 11 is 0. The molecule has 0 fully saturated rings. The van der Waals surface area contributed by atoms with Gasteiger partial charge in [0.05, 0.1) is 11.6 Å². The molecule has 0 aromatic heterocycles. The van der Waals surface area contributed by atoms with Gasteiger partial charge in [-0.15, -0.1) is 0 Å². The Balaban J connectivity index is 2.78. The molecule has 0 spiro atoms. The van der Waals surface area contributed by atoms with E-state index in [1.807, 2.05) is 6.07 Å². The van der Waals surface area contributed by atoms with Gasteiger partial charge < -0.3 is 15.5 Å². The van der Waals surface area contributed by atoms with E-state index < -0.39 is 12.2 Å². The summed E-state index contributed by atoms with van der Waals surface area (Å²) in [6, 6.07) is 6.87. The molecule has 2 unspecified atom stereocenters. The highest BCUT2D eigenvalue weighted by atomic mass is 16.3. The molecule has 5 nitrogen and oxygen atoms in total. The van der Waals surface area contributed by atoms with Crippen LogP contribution in [-0.4, -0.2) is 28.8 Å². The Hall–Kier alpha value is -1.90. The Morgan fingerprint density at radius 2 is 2.17 bits per heavy atom. The van der Waals surface area contributed by atoms with E-state index in [0.29, 0.717) is 11.1 Å². The molecule has 1 aromatic carbocycles. The quantitative estimate of drug-likeness (QED) is 0.719. The van der Waals surface area contributed by atoms with Crippen LogP contribution in [0.5, 0.6) is 0 Å². The fraction of sp³-hybridized carbons (Fsp3) is 0.385. The monoisotopic (exact) mass is 248 g/mol. The molecule has 0 saturated carbocycles. The lowest BCUT2D eigenvalue weighted by atomic mass is 9.99. The van der Waals surface area contributed by atoms with Crippen LogP contribution >= 0.6 is 0 Å². The molecule has 0 radical (unpaired) electrons. The van der Waals surface area contributed by atoms with Crippen molar-refractivity contribution < 1.29 is 15.0 Å². The summed E-state index contributed by atoms with van der Waals surface area (Å²) in [7, 11) is 0. The molecule has 0 bridgehead atoms. The summed E-state index contributed by atoms with van der Waals surface area (Å²) in [4.78, 5) is 10.7. The van der Waals surface area contributed by atoms with E-state index in [0.717, 1.165) is 5.56 Å². The van der Waals surface area contributed by atoms with Crippen LogP contribution in [0.2, 0.25) is 0 Å². The third kappa shape index (κ3) is 3.55. The van der Waals surface area contributed by atoms with Gasteiger partial charge in [0.25, 0.3) is 0 Å². The fourth-order valence-corrected chi connectivity index (χ4v) is 1.58. The molecule has 5 heteroatoms. The lowest BCUT2D eigenvalue weighted by Gasteiger charge is -2.18. The van der Waals surface area contributed by atoms with Gasteiger partial charge in [0.1, 0.15) is 12.2 Å². The minimum absolute atomic E-state index is 0.0183. The molecule has 0 aliphatic heterocycles. The van der Waals surface area contributed by atoms with Crippen LogP contribution in [0.25, 0.3) is 0 Å². The van der Waals surface area contributed by atoms with Crippen molar-refractivity contribution in [3.8, 4) is 6.07 Å². The van der Waals surface area contributed by atoms with E-state index in [4.69, 9.17) is 5.26 Å². The number of carbonyl (C=O) groups excluding carboxylic acids is 1. The van der Waals surface area contributed by atoms with Crippen LogP contribution in [0.4, 0.5) is 0 Å². The zero-order valence-corrected chi connectivity index (χ0v) is 10.3. The average Bonchev–Trinajstić information content (AvgIpc) is 2.34. The number of nitriles is 1. The average molecular weight is 248 g/mol. The number of benzene rings is 1. The van der Waals surface area contributed by atoms with Crippen molar-refractivity contribution in [1.82, 2.24) is 5.32 Å². The van der Waals surface area contributed by atoms with Crippen molar-refractivity contribution in [3.05, 3.63) is 34.9 Å². The van der Waals surface area contributed by atoms with Crippen LogP contribution in [0.3, 0.4) is 0 Å². The van der Waals surface area contributed by atoms with E-state index in [-0.39, 0.29) is 12.5 Å². The molecule has 1 aromatic rings. The van der Waals surface area contributed by atoms with Crippen LogP contribution in [-0.2, 0) is 4.79 Å². The Labute approximate surface area is 106 Å². The van der Waals surface area contributed by atoms with Gasteiger partial charge in [0, 0.05) is 13.5 Å². The van der Waals surface area contributed by atoms with Gasteiger partial charge in [0.2, 0.25) is 5.91 Å². The lowest BCUT2D eigenvalue weighted by Crippen LogP contribution is -2.34. The second-order valence-electron chi connectivity index (χ2n) is 4.14. The second kappa shape index (κ2) is 6.15. The number of aliphatic hydroxyl groups excluding tert-OH is 2. The SMILES string of the molecule is CC(=O)NCC(O)C(O)c1ccc(C#N)c(C)c1. The van der Waals surface area contributed by atoms with Gasteiger partial charge >= 0.3 is 0 Å². The molecule has 18 heavy (non-hydrogen) atoms. The number of nitrogens with one attached hydrogen (secondary N) is 1. The number of hydrogen-bond donors (Lipinski definition) is 3. The molecule has 3 N–H and O–H groups in total. The minimum Gasteiger partial charge on any atom is -0.388 e. The van der Waals surface area contributed by atoms with Gasteiger partial charge in [-0.2, -0.15) is 5.26 Å². The highest BCUT2D eigenvalue weighted by Gasteiger charge is 2.19. The smallest absolute Gasteiger partial charge is 0.216 e. The van der Waals surface area contributed by atoms with Gasteiger partial charge in [-0.05, 0) is 24.1 Å². The number of hydrogen-bond acceptors (Lipinski definition) is 4. The summed E-state index contributed by atoms with van der Waals surface area (Å²) < 4.78 is 0. The lowest BCUT2D eigenvalue weighted by molar-refractivity contribution is -0.119. The molecule has 1 amide bonds. The summed E-state index contributed by atoms with van der Waals surface area (Å²) in [6.07, 6.45) is -2.18. The predicted octanol–water partition coefficient (Wildman–Crippen LogP) is 0.397. The first-order chi connectivity index (χ1) is 8.45. The summed E-state index contributed by atoms with van der Waals surface area (Å²) in [5.74, 6) is -0.266. The largest absolute Gasteiger partial charge is 0.388 e. The zero-order valence-electron chi connectivity index (χ0n) is 10.3. The van der Waals surface area contributed by atoms with Crippen LogP contribution in [0.1, 0.15) is 29.7 Å². The molecule has 1 rings (SSSR count). The Kier molecular flexibility index (Phi) is 4.84. The fourth-order valence-electron chi connectivity index (χ4n) is 1.58. The molecular weight excluding hydrogens is 232 g/mol. The minimum atomic E-state index is -1.09. The number of carbonyl (C=O) groups is 1. The van der Waals surface area contributed by atoms with E-state index in [1.165, 1.54) is 6.92 Å². The number of nitrogens with zero attached hydrogens (tertiary/aromatic N) is 1. The van der Waals surface area contributed by atoms with Crippen molar-refractivity contribution in [1.29, 1.82) is 5.26 Å². The third-order valence-corrected chi connectivity index (χ3v) is 2.64. The first-order valence-electron chi connectivity index (χ1n) is 5.57. The molecule has 96 valence electrons. The van der Waals surface area contributed by atoms with E-state index in [2.05, 4.69) is 5.32 Å². The number of rotatable bonds is 4. The van der Waals surface area contributed by atoms with Crippen LogP contribution < -0.4 is 5.32 Å². The zero-order chi connectivity index (χ0) is 13.7. The maximum Gasteiger partial charge on any atom is 0.216 e. The van der Waals surface area contributed by atoms with Crippen molar-refractivity contribution in [2.75, 3.05) is 6.54 Å². The number of amides is 1. The predicted molar refractivity (Wildman–Crippen MR) is 65.5 cm³/mol. The van der Waals surface area contributed by atoms with Crippen molar-refractivity contribution in [2.24, 2.45) is 0 Å². The van der Waals surface area contributed by atoms with Gasteiger partial charge in [-0.3, -0.25) is 4.79 Å². The van der Waals surface area contributed by atoms with E-state index in [9.17, 15) is 15.0 Å². The highest BCUT2D eigenvalue weighted by Crippen LogP contribution is 2.19. The number of aryl methyl sites for hydroxylation is 1. The molecule has 0 saturated heterocycles. The molecule has 2 atom stereocenters. The molecular formula is C13H16N2O3. The summed E-state index contributed by atoms with van der Waals surface area (Å²) in [5.41, 5.74) is 1.78. The number of aliphatic hydroxyl groups is 2. The topological polar surface area (TPSA) is 93.3 Å². The first kappa shape index (κ1) is 14.2. The van der Waals surface area contributed by atoms with Crippen molar-refractivity contribution >= 4 is 5.91 Å². The molecule has 0 aliphatic carbocycles. The Bertz CT molecular complexity index is 480. The maximum atomic E-state index is 10.7. The normalized spacial score (nSPS) is 13.5. The Morgan fingerprint density at radius 1 is 1.50 bits per heavy atom. The second-order valence-corrected chi connectivity index (χ2v) is 4.14. The van der Waals surface area contributed by atoms with Gasteiger partial charge in [-0.1, -0.05) is 12.1 Å². The third-order valence-electron chi connectivity index (χ3n) is 2.64. The van der Waals surface area contributed by atoms with Gasteiger partial charge in [0.15, 0.2) is 0 Å². The Morgan fingerprint density at radius 3 is 2.67 bits per heavy atom. The maximum absolute atomic E-state index is 10.7. The molecule has 0 heterocycles. The van der Waals surface area contributed by atoms with Crippen LogP contribution in [0, 0.1) is 18.3 Å².